The lowest BCUT2D eigenvalue weighted by Crippen LogP contribution is -2.33. The zero-order chi connectivity index (χ0) is 23.2. The molecule has 4 rings (SSSR count). The molecule has 1 saturated carbocycles. The van der Waals surface area contributed by atoms with Gasteiger partial charge in [-0.2, -0.15) is 0 Å². The largest absolute Gasteiger partial charge is 0.365 e. The molecule has 0 bridgehead atoms. The molecule has 11 nitrogen and oxygen atoms in total. The van der Waals surface area contributed by atoms with Gasteiger partial charge in [-0.25, -0.2) is 9.67 Å². The molecule has 33 heavy (non-hydrogen) atoms. The number of tetrazole rings is 1. The first kappa shape index (κ1) is 22.9. The minimum absolute atomic E-state index is 0.124. The fraction of sp³-hybridized carbons (Fsp3) is 0.429. The summed E-state index contributed by atoms with van der Waals surface area (Å²) in [6, 6.07) is 5.94. The highest BCUT2D eigenvalue weighted by atomic mass is 35.5. The number of benzene rings is 1. The minimum Gasteiger partial charge on any atom is -0.365 e. The fourth-order valence-electron chi connectivity index (χ4n) is 3.52. The third-order valence-electron chi connectivity index (χ3n) is 5.49. The molecule has 174 valence electrons. The van der Waals surface area contributed by atoms with Crippen LogP contribution in [0.3, 0.4) is 0 Å². The van der Waals surface area contributed by atoms with Gasteiger partial charge in [0.1, 0.15) is 12.9 Å². The molecular formula is C21H26ClN9O2. The van der Waals surface area contributed by atoms with Gasteiger partial charge in [0.2, 0.25) is 5.91 Å². The van der Waals surface area contributed by atoms with Crippen LogP contribution in [0, 0.1) is 0 Å². The van der Waals surface area contributed by atoms with Crippen molar-refractivity contribution >= 4 is 23.3 Å². The van der Waals surface area contributed by atoms with Crippen LogP contribution in [0.25, 0.3) is 5.69 Å². The molecule has 1 aliphatic rings. The van der Waals surface area contributed by atoms with Gasteiger partial charge in [-0.3, -0.25) is 9.59 Å². The van der Waals surface area contributed by atoms with Crippen LogP contribution in [0.5, 0.6) is 0 Å². The lowest BCUT2D eigenvalue weighted by Gasteiger charge is -2.15. The summed E-state index contributed by atoms with van der Waals surface area (Å²) in [5.74, 6) is -0.0712. The smallest absolute Gasteiger partial charge is 0.293 e. The Balaban J connectivity index is 1.32. The van der Waals surface area contributed by atoms with Gasteiger partial charge in [0.25, 0.3) is 5.56 Å². The van der Waals surface area contributed by atoms with Crippen molar-refractivity contribution in [3.63, 3.8) is 0 Å². The van der Waals surface area contributed by atoms with Gasteiger partial charge < -0.3 is 20.1 Å². The minimum atomic E-state index is -0.333. The van der Waals surface area contributed by atoms with E-state index in [4.69, 9.17) is 11.6 Å². The Morgan fingerprint density at radius 2 is 2.18 bits per heavy atom. The average molecular weight is 472 g/mol. The van der Waals surface area contributed by atoms with Gasteiger partial charge in [-0.05, 0) is 67.0 Å². The van der Waals surface area contributed by atoms with Crippen LogP contribution >= 0.6 is 11.6 Å². The van der Waals surface area contributed by atoms with E-state index in [1.165, 1.54) is 40.8 Å². The highest BCUT2D eigenvalue weighted by molar-refractivity contribution is 6.30. The maximum Gasteiger partial charge on any atom is 0.293 e. The van der Waals surface area contributed by atoms with Gasteiger partial charge in [0.15, 0.2) is 5.82 Å². The number of rotatable bonds is 11. The second-order valence-electron chi connectivity index (χ2n) is 8.01. The van der Waals surface area contributed by atoms with Gasteiger partial charge in [0, 0.05) is 36.5 Å². The topological polar surface area (TPSA) is 123 Å². The van der Waals surface area contributed by atoms with Crippen LogP contribution in [-0.4, -0.2) is 66.7 Å². The quantitative estimate of drug-likeness (QED) is 0.398. The van der Waals surface area contributed by atoms with Gasteiger partial charge >= 0.3 is 0 Å². The maximum atomic E-state index is 12.7. The molecule has 1 aliphatic carbocycles. The van der Waals surface area contributed by atoms with Crippen LogP contribution in [0.2, 0.25) is 5.02 Å². The summed E-state index contributed by atoms with van der Waals surface area (Å²) in [5.41, 5.74) is 1.11. The van der Waals surface area contributed by atoms with E-state index in [1.807, 2.05) is 0 Å². The van der Waals surface area contributed by atoms with E-state index in [2.05, 4.69) is 43.1 Å². The number of anilines is 1. The van der Waals surface area contributed by atoms with Crippen molar-refractivity contribution in [1.29, 1.82) is 0 Å². The third-order valence-corrected chi connectivity index (χ3v) is 5.73. The SMILES string of the molecule is CN(CCCNc1nccn(CC(=O)NCc2cc(Cl)ccc2-n2cnnn2)c1=O)C1CC1. The zero-order valence-corrected chi connectivity index (χ0v) is 19.1. The van der Waals surface area contributed by atoms with Crippen LogP contribution < -0.4 is 16.2 Å². The number of nitrogens with zero attached hydrogens (tertiary/aromatic N) is 7. The summed E-state index contributed by atoms with van der Waals surface area (Å²) in [6.45, 7) is 1.69. The molecule has 0 saturated heterocycles. The highest BCUT2D eigenvalue weighted by Gasteiger charge is 2.25. The van der Waals surface area contributed by atoms with E-state index in [0.29, 0.717) is 23.3 Å². The second kappa shape index (κ2) is 10.5. The third kappa shape index (κ3) is 6.14. The van der Waals surface area contributed by atoms with Crippen LogP contribution in [-0.2, 0) is 17.9 Å². The molecule has 2 aromatic heterocycles. The van der Waals surface area contributed by atoms with Crippen LogP contribution in [0.1, 0.15) is 24.8 Å². The second-order valence-corrected chi connectivity index (χ2v) is 8.44. The number of nitrogens with one attached hydrogen (secondary N) is 2. The van der Waals surface area contributed by atoms with Crippen molar-refractivity contribution in [2.24, 2.45) is 0 Å². The summed E-state index contributed by atoms with van der Waals surface area (Å²) in [6.07, 6.45) is 7.93. The van der Waals surface area contributed by atoms with Gasteiger partial charge in [-0.1, -0.05) is 11.6 Å². The normalized spacial score (nSPS) is 13.3. The molecule has 1 aromatic carbocycles. The molecule has 1 fully saturated rings. The first-order chi connectivity index (χ1) is 16.0. The lowest BCUT2D eigenvalue weighted by molar-refractivity contribution is -0.121. The number of carbonyl (C=O) groups excluding carboxylic acids is 1. The summed E-state index contributed by atoms with van der Waals surface area (Å²) in [7, 11) is 2.12. The van der Waals surface area contributed by atoms with Gasteiger partial charge in [0.05, 0.1) is 5.69 Å². The van der Waals surface area contributed by atoms with Crippen LogP contribution in [0.4, 0.5) is 5.82 Å². The van der Waals surface area contributed by atoms with Crippen molar-refractivity contribution in [2.75, 3.05) is 25.5 Å². The zero-order valence-electron chi connectivity index (χ0n) is 18.3. The Bertz CT molecular complexity index is 1140. The Morgan fingerprint density at radius 3 is 2.94 bits per heavy atom. The molecule has 0 aliphatic heterocycles. The molecule has 2 N–H and O–H groups in total. The molecule has 3 aromatic rings. The molecule has 12 heteroatoms. The Kier molecular flexibility index (Phi) is 7.30. The van der Waals surface area contributed by atoms with E-state index in [0.717, 1.165) is 18.5 Å². The molecular weight excluding hydrogens is 446 g/mol. The molecule has 0 spiro atoms. The molecule has 0 unspecified atom stereocenters. The van der Waals surface area contributed by atoms with Crippen molar-refractivity contribution in [1.82, 2.24) is 40.0 Å². The van der Waals surface area contributed by atoms with E-state index >= 15 is 0 Å². The number of hydrogen-bond donors (Lipinski definition) is 2. The Morgan fingerprint density at radius 1 is 1.33 bits per heavy atom. The van der Waals surface area contributed by atoms with E-state index < -0.39 is 0 Å². The predicted octanol–water partition coefficient (Wildman–Crippen LogP) is 1.08. The summed E-state index contributed by atoms with van der Waals surface area (Å²) in [5, 5.41) is 17.6. The monoisotopic (exact) mass is 471 g/mol. The van der Waals surface area contributed by atoms with Gasteiger partial charge in [-0.15, -0.1) is 5.10 Å². The summed E-state index contributed by atoms with van der Waals surface area (Å²) in [4.78, 5) is 31.7. The maximum absolute atomic E-state index is 12.7. The number of halogens is 1. The van der Waals surface area contributed by atoms with E-state index in [9.17, 15) is 9.59 Å². The first-order valence-electron chi connectivity index (χ1n) is 10.8. The number of carbonyl (C=O) groups is 1. The summed E-state index contributed by atoms with van der Waals surface area (Å²) >= 11 is 6.11. The Hall–Kier alpha value is -3.31. The fourth-order valence-corrected chi connectivity index (χ4v) is 3.72. The van der Waals surface area contributed by atoms with Crippen molar-refractivity contribution in [3.05, 3.63) is 57.9 Å². The van der Waals surface area contributed by atoms with E-state index in [1.54, 1.807) is 18.2 Å². The predicted molar refractivity (Wildman–Crippen MR) is 123 cm³/mol. The van der Waals surface area contributed by atoms with Crippen molar-refractivity contribution < 1.29 is 4.79 Å². The van der Waals surface area contributed by atoms with E-state index in [-0.39, 0.29) is 30.4 Å². The molecule has 0 radical (unpaired) electrons. The number of aromatic nitrogens is 6. The number of amides is 1. The van der Waals surface area contributed by atoms with Crippen molar-refractivity contribution in [3.8, 4) is 5.69 Å². The Labute approximate surface area is 195 Å². The molecule has 0 atom stereocenters. The average Bonchev–Trinajstić information content (AvgIpc) is 3.52. The first-order valence-corrected chi connectivity index (χ1v) is 11.2. The lowest BCUT2D eigenvalue weighted by atomic mass is 10.1. The van der Waals surface area contributed by atoms with Crippen molar-refractivity contribution in [2.45, 2.75) is 38.4 Å². The van der Waals surface area contributed by atoms with Crippen LogP contribution in [0.15, 0.2) is 41.7 Å². The molecule has 2 heterocycles. The molecule has 1 amide bonds. The summed E-state index contributed by atoms with van der Waals surface area (Å²) < 4.78 is 2.83. The standard InChI is InChI=1S/C21H26ClN9O2/c1-29(17-4-5-17)9-2-7-23-20-21(33)30(10-8-24-20)13-19(32)25-12-15-11-16(22)3-6-18(15)31-14-26-27-28-31/h3,6,8,10-11,14,17H,2,4-5,7,9,12-13H2,1H3,(H,23,24)(H,25,32). The highest BCUT2D eigenvalue weighted by Crippen LogP contribution is 2.25. The number of hydrogen-bond acceptors (Lipinski definition) is 8.